The third-order valence-electron chi connectivity index (χ3n) is 2.71. The molecule has 0 aliphatic rings. The first-order valence-corrected chi connectivity index (χ1v) is 5.34. The van der Waals surface area contributed by atoms with Crippen molar-refractivity contribution in [1.29, 1.82) is 0 Å². The first kappa shape index (κ1) is 11.4. The van der Waals surface area contributed by atoms with Crippen molar-refractivity contribution in [2.45, 2.75) is 13.5 Å². The number of nitrogens with zero attached hydrogens (tertiary/aromatic N) is 2. The van der Waals surface area contributed by atoms with Crippen molar-refractivity contribution in [3.63, 3.8) is 0 Å². The Morgan fingerprint density at radius 2 is 2.24 bits per heavy atom. The maximum atomic E-state index is 13.2. The summed E-state index contributed by atoms with van der Waals surface area (Å²) >= 11 is 0. The first-order valence-electron chi connectivity index (χ1n) is 5.34. The molecular formula is C12H15FN4. The van der Waals surface area contributed by atoms with Gasteiger partial charge >= 0.3 is 0 Å². The van der Waals surface area contributed by atoms with E-state index in [0.717, 1.165) is 11.4 Å². The second kappa shape index (κ2) is 4.45. The van der Waals surface area contributed by atoms with Crippen LogP contribution in [0.4, 0.5) is 15.8 Å². The van der Waals surface area contributed by atoms with Gasteiger partial charge in [0.1, 0.15) is 5.82 Å². The van der Waals surface area contributed by atoms with Crippen LogP contribution in [0.25, 0.3) is 0 Å². The van der Waals surface area contributed by atoms with Gasteiger partial charge in [0.25, 0.3) is 0 Å². The molecule has 1 heterocycles. The van der Waals surface area contributed by atoms with Gasteiger partial charge in [-0.25, -0.2) is 4.39 Å². The molecule has 90 valence electrons. The molecule has 2 rings (SSSR count). The van der Waals surface area contributed by atoms with Gasteiger partial charge in [0.05, 0.1) is 23.6 Å². The van der Waals surface area contributed by atoms with Crippen LogP contribution in [0.3, 0.4) is 0 Å². The van der Waals surface area contributed by atoms with Crippen molar-refractivity contribution in [3.8, 4) is 0 Å². The lowest BCUT2D eigenvalue weighted by Gasteiger charge is -2.11. The average Bonchev–Trinajstić information content (AvgIpc) is 2.68. The monoisotopic (exact) mass is 234 g/mol. The molecule has 17 heavy (non-hydrogen) atoms. The van der Waals surface area contributed by atoms with Gasteiger partial charge in [-0.1, -0.05) is 0 Å². The fourth-order valence-electron chi connectivity index (χ4n) is 1.61. The van der Waals surface area contributed by atoms with E-state index >= 15 is 0 Å². The highest BCUT2D eigenvalue weighted by Gasteiger charge is 2.05. The number of aryl methyl sites for hydroxylation is 2. The van der Waals surface area contributed by atoms with Crippen LogP contribution in [0.1, 0.15) is 11.3 Å². The SMILES string of the molecule is Cc1cc(NCc2ccnn2C)c(N)cc1F. The van der Waals surface area contributed by atoms with Gasteiger partial charge in [-0.15, -0.1) is 0 Å². The number of nitrogens with one attached hydrogen (secondary N) is 1. The van der Waals surface area contributed by atoms with Crippen LogP contribution in [0, 0.1) is 12.7 Å². The molecule has 0 saturated heterocycles. The zero-order valence-electron chi connectivity index (χ0n) is 9.87. The van der Waals surface area contributed by atoms with Crippen LogP contribution < -0.4 is 11.1 Å². The number of anilines is 2. The van der Waals surface area contributed by atoms with Gasteiger partial charge in [-0.3, -0.25) is 4.68 Å². The van der Waals surface area contributed by atoms with E-state index in [-0.39, 0.29) is 5.82 Å². The topological polar surface area (TPSA) is 55.9 Å². The summed E-state index contributed by atoms with van der Waals surface area (Å²) in [5, 5.41) is 7.24. The summed E-state index contributed by atoms with van der Waals surface area (Å²) in [7, 11) is 1.87. The number of benzene rings is 1. The Kier molecular flexibility index (Phi) is 2.99. The summed E-state index contributed by atoms with van der Waals surface area (Å²) in [5.41, 5.74) is 8.51. The van der Waals surface area contributed by atoms with Crippen LogP contribution in [0.15, 0.2) is 24.4 Å². The minimum atomic E-state index is -0.284. The predicted molar refractivity (Wildman–Crippen MR) is 66.1 cm³/mol. The van der Waals surface area contributed by atoms with Gasteiger partial charge < -0.3 is 11.1 Å². The summed E-state index contributed by atoms with van der Waals surface area (Å²) in [5.74, 6) is -0.284. The van der Waals surface area contributed by atoms with E-state index in [0.29, 0.717) is 17.8 Å². The molecule has 0 amide bonds. The number of halogens is 1. The van der Waals surface area contributed by atoms with E-state index in [9.17, 15) is 4.39 Å². The molecule has 1 aromatic carbocycles. The molecule has 1 aromatic heterocycles. The fourth-order valence-corrected chi connectivity index (χ4v) is 1.61. The molecule has 5 heteroatoms. The Labute approximate surface area is 99.2 Å². The molecule has 0 aliphatic carbocycles. The number of hydrogen-bond acceptors (Lipinski definition) is 3. The normalized spacial score (nSPS) is 10.5. The van der Waals surface area contributed by atoms with E-state index in [2.05, 4.69) is 10.4 Å². The minimum Gasteiger partial charge on any atom is -0.397 e. The third kappa shape index (κ3) is 2.38. The van der Waals surface area contributed by atoms with E-state index in [1.54, 1.807) is 23.9 Å². The number of nitrogen functional groups attached to an aromatic ring is 1. The second-order valence-electron chi connectivity index (χ2n) is 3.99. The summed E-state index contributed by atoms with van der Waals surface area (Å²) in [4.78, 5) is 0. The lowest BCUT2D eigenvalue weighted by molar-refractivity contribution is 0.619. The Hall–Kier alpha value is -2.04. The molecular weight excluding hydrogens is 219 g/mol. The molecule has 0 unspecified atom stereocenters. The fraction of sp³-hybridized carbons (Fsp3) is 0.250. The van der Waals surface area contributed by atoms with Crippen molar-refractivity contribution < 1.29 is 4.39 Å². The van der Waals surface area contributed by atoms with E-state index in [1.807, 2.05) is 13.1 Å². The van der Waals surface area contributed by atoms with Gasteiger partial charge in [-0.05, 0) is 30.7 Å². The van der Waals surface area contributed by atoms with Gasteiger partial charge in [-0.2, -0.15) is 5.10 Å². The van der Waals surface area contributed by atoms with E-state index < -0.39 is 0 Å². The highest BCUT2D eigenvalue weighted by Crippen LogP contribution is 2.22. The maximum absolute atomic E-state index is 13.2. The third-order valence-corrected chi connectivity index (χ3v) is 2.71. The van der Waals surface area contributed by atoms with Gasteiger partial charge in [0, 0.05) is 13.2 Å². The maximum Gasteiger partial charge on any atom is 0.128 e. The number of nitrogens with two attached hydrogens (primary N) is 1. The first-order chi connectivity index (χ1) is 8.08. The van der Waals surface area contributed by atoms with Crippen molar-refractivity contribution in [2.75, 3.05) is 11.1 Å². The van der Waals surface area contributed by atoms with Crippen molar-refractivity contribution in [1.82, 2.24) is 9.78 Å². The minimum absolute atomic E-state index is 0.284. The molecule has 3 N–H and O–H groups in total. The molecule has 4 nitrogen and oxygen atoms in total. The lowest BCUT2D eigenvalue weighted by Crippen LogP contribution is -2.07. The van der Waals surface area contributed by atoms with Crippen LogP contribution in [0.2, 0.25) is 0 Å². The Morgan fingerprint density at radius 1 is 1.47 bits per heavy atom. The largest absolute Gasteiger partial charge is 0.397 e. The molecule has 0 spiro atoms. The molecule has 0 atom stereocenters. The Morgan fingerprint density at radius 3 is 2.88 bits per heavy atom. The van der Waals surface area contributed by atoms with Crippen molar-refractivity contribution in [3.05, 3.63) is 41.5 Å². The van der Waals surface area contributed by atoms with Crippen molar-refractivity contribution >= 4 is 11.4 Å². The van der Waals surface area contributed by atoms with Crippen LogP contribution in [0.5, 0.6) is 0 Å². The van der Waals surface area contributed by atoms with Crippen LogP contribution >= 0.6 is 0 Å². The van der Waals surface area contributed by atoms with Crippen LogP contribution in [-0.4, -0.2) is 9.78 Å². The predicted octanol–water partition coefficient (Wildman–Crippen LogP) is 2.06. The smallest absolute Gasteiger partial charge is 0.128 e. The molecule has 0 aliphatic heterocycles. The number of hydrogen-bond donors (Lipinski definition) is 2. The zero-order chi connectivity index (χ0) is 12.4. The molecule has 0 bridgehead atoms. The van der Waals surface area contributed by atoms with Crippen molar-refractivity contribution in [2.24, 2.45) is 7.05 Å². The summed E-state index contributed by atoms with van der Waals surface area (Å²) in [6, 6.07) is 4.96. The average molecular weight is 234 g/mol. The summed E-state index contributed by atoms with van der Waals surface area (Å²) in [6.07, 6.45) is 1.73. The molecule has 0 radical (unpaired) electrons. The molecule has 0 fully saturated rings. The Balaban J connectivity index is 2.14. The van der Waals surface area contributed by atoms with Crippen LogP contribution in [-0.2, 0) is 13.6 Å². The van der Waals surface area contributed by atoms with Gasteiger partial charge in [0.15, 0.2) is 0 Å². The quantitative estimate of drug-likeness (QED) is 0.799. The lowest BCUT2D eigenvalue weighted by atomic mass is 10.2. The standard InChI is InChI=1S/C12H15FN4/c1-8-5-12(11(14)6-10(8)13)15-7-9-3-4-16-17(9)2/h3-6,15H,7,14H2,1-2H3. The zero-order valence-corrected chi connectivity index (χ0v) is 9.87. The summed E-state index contributed by atoms with van der Waals surface area (Å²) in [6.45, 7) is 2.32. The molecule has 2 aromatic rings. The van der Waals surface area contributed by atoms with Gasteiger partial charge in [0.2, 0.25) is 0 Å². The number of aromatic nitrogens is 2. The second-order valence-corrected chi connectivity index (χ2v) is 3.99. The van der Waals surface area contributed by atoms with E-state index in [1.165, 1.54) is 6.07 Å². The highest BCUT2D eigenvalue weighted by atomic mass is 19.1. The number of rotatable bonds is 3. The van der Waals surface area contributed by atoms with E-state index in [4.69, 9.17) is 5.73 Å². The summed E-state index contributed by atoms with van der Waals surface area (Å²) < 4.78 is 15.0. The Bertz CT molecular complexity index is 533. The highest BCUT2D eigenvalue weighted by molar-refractivity contribution is 5.67. The molecule has 0 saturated carbocycles.